The standard InChI is InChI=1S/C16H13N5O3S2/c17-15(23)14(22)11(7-9-4-6-25-8-9)19-16(24)13-12(20-26-21-13)10-3-1-2-5-18-10/h1-6,8,11H,7H2,(H2,17,23)(H,19,24). The molecule has 0 aromatic carbocycles. The lowest BCUT2D eigenvalue weighted by Crippen LogP contribution is -2.47. The summed E-state index contributed by atoms with van der Waals surface area (Å²) in [5.74, 6) is -2.59. The molecule has 0 bridgehead atoms. The molecule has 0 saturated heterocycles. The molecule has 0 radical (unpaired) electrons. The molecule has 1 atom stereocenters. The predicted octanol–water partition coefficient (Wildman–Crippen LogP) is 1.06. The number of nitrogens with zero attached hydrogens (tertiary/aromatic N) is 3. The highest BCUT2D eigenvalue weighted by Crippen LogP contribution is 2.19. The van der Waals surface area contributed by atoms with Gasteiger partial charge in [0.1, 0.15) is 11.7 Å². The van der Waals surface area contributed by atoms with Crippen molar-refractivity contribution in [3.63, 3.8) is 0 Å². The van der Waals surface area contributed by atoms with Gasteiger partial charge < -0.3 is 11.1 Å². The van der Waals surface area contributed by atoms with Gasteiger partial charge in [0.15, 0.2) is 5.69 Å². The van der Waals surface area contributed by atoms with Crippen molar-refractivity contribution < 1.29 is 14.4 Å². The zero-order valence-corrected chi connectivity index (χ0v) is 14.9. The van der Waals surface area contributed by atoms with E-state index in [2.05, 4.69) is 19.0 Å². The number of nitrogens with two attached hydrogens (primary N) is 1. The summed E-state index contributed by atoms with van der Waals surface area (Å²) in [6.07, 6.45) is 1.74. The van der Waals surface area contributed by atoms with Gasteiger partial charge in [-0.25, -0.2) is 0 Å². The second-order valence-corrected chi connectivity index (χ2v) is 6.58. The maximum absolute atomic E-state index is 12.6. The molecule has 0 saturated carbocycles. The van der Waals surface area contributed by atoms with Gasteiger partial charge in [0.25, 0.3) is 11.8 Å². The van der Waals surface area contributed by atoms with Crippen LogP contribution in [-0.4, -0.2) is 37.4 Å². The van der Waals surface area contributed by atoms with Crippen LogP contribution in [0.1, 0.15) is 16.1 Å². The van der Waals surface area contributed by atoms with E-state index in [4.69, 9.17) is 5.73 Å². The third-order valence-corrected chi connectivity index (χ3v) is 4.76. The van der Waals surface area contributed by atoms with Crippen LogP contribution in [0.4, 0.5) is 0 Å². The van der Waals surface area contributed by atoms with Gasteiger partial charge in [-0.15, -0.1) is 0 Å². The fraction of sp³-hybridized carbons (Fsp3) is 0.125. The maximum Gasteiger partial charge on any atom is 0.287 e. The minimum atomic E-state index is -1.10. The lowest BCUT2D eigenvalue weighted by molar-refractivity contribution is -0.137. The first-order valence-corrected chi connectivity index (χ1v) is 9.13. The number of carbonyl (C=O) groups is 3. The molecule has 3 aromatic heterocycles. The van der Waals surface area contributed by atoms with Crippen molar-refractivity contribution in [1.82, 2.24) is 19.0 Å². The molecule has 132 valence electrons. The van der Waals surface area contributed by atoms with Crippen LogP contribution in [0.25, 0.3) is 11.4 Å². The SMILES string of the molecule is NC(=O)C(=O)C(Cc1ccsc1)NC(=O)c1nsnc1-c1ccccn1. The molecule has 0 spiro atoms. The van der Waals surface area contributed by atoms with E-state index in [1.165, 1.54) is 11.3 Å². The van der Waals surface area contributed by atoms with Crippen LogP contribution in [-0.2, 0) is 16.0 Å². The summed E-state index contributed by atoms with van der Waals surface area (Å²) < 4.78 is 8.10. The van der Waals surface area contributed by atoms with Crippen molar-refractivity contribution >= 4 is 40.7 Å². The molecule has 1 unspecified atom stereocenters. The summed E-state index contributed by atoms with van der Waals surface area (Å²) in [6.45, 7) is 0. The molecule has 26 heavy (non-hydrogen) atoms. The molecule has 3 rings (SSSR count). The van der Waals surface area contributed by atoms with Gasteiger partial charge in [0, 0.05) is 12.6 Å². The van der Waals surface area contributed by atoms with Gasteiger partial charge in [-0.3, -0.25) is 19.4 Å². The van der Waals surface area contributed by atoms with E-state index in [-0.39, 0.29) is 12.1 Å². The molecular weight excluding hydrogens is 374 g/mol. The summed E-state index contributed by atoms with van der Waals surface area (Å²) in [5, 5.41) is 6.21. The third-order valence-electron chi connectivity index (χ3n) is 3.50. The van der Waals surface area contributed by atoms with Gasteiger partial charge in [0.2, 0.25) is 5.78 Å². The van der Waals surface area contributed by atoms with E-state index in [9.17, 15) is 14.4 Å². The van der Waals surface area contributed by atoms with Crippen molar-refractivity contribution in [2.75, 3.05) is 0 Å². The Balaban J connectivity index is 1.83. The highest BCUT2D eigenvalue weighted by atomic mass is 32.1. The van der Waals surface area contributed by atoms with E-state index in [1.807, 2.05) is 16.8 Å². The van der Waals surface area contributed by atoms with E-state index >= 15 is 0 Å². The number of hydrogen-bond donors (Lipinski definition) is 2. The van der Waals surface area contributed by atoms with Gasteiger partial charge in [-0.1, -0.05) is 6.07 Å². The smallest absolute Gasteiger partial charge is 0.287 e. The number of primary amides is 1. The van der Waals surface area contributed by atoms with Crippen molar-refractivity contribution in [3.8, 4) is 11.4 Å². The minimum absolute atomic E-state index is 0.0429. The van der Waals surface area contributed by atoms with Crippen molar-refractivity contribution in [1.29, 1.82) is 0 Å². The molecule has 0 fully saturated rings. The van der Waals surface area contributed by atoms with Crippen molar-refractivity contribution in [2.45, 2.75) is 12.5 Å². The number of amides is 2. The average Bonchev–Trinajstić information content (AvgIpc) is 3.32. The number of ketones is 1. The summed E-state index contributed by atoms with van der Waals surface area (Å²) in [5.41, 5.74) is 6.77. The Labute approximate surface area is 156 Å². The fourth-order valence-electron chi connectivity index (χ4n) is 2.26. The van der Waals surface area contributed by atoms with Crippen LogP contribution in [0.3, 0.4) is 0 Å². The molecule has 3 aromatic rings. The highest BCUT2D eigenvalue weighted by molar-refractivity contribution is 7.07. The van der Waals surface area contributed by atoms with Crippen LogP contribution in [0, 0.1) is 0 Å². The highest BCUT2D eigenvalue weighted by Gasteiger charge is 2.28. The molecule has 0 aliphatic rings. The van der Waals surface area contributed by atoms with Crippen LogP contribution >= 0.6 is 23.1 Å². The third kappa shape index (κ3) is 3.98. The first-order valence-electron chi connectivity index (χ1n) is 7.46. The number of rotatable bonds is 7. The summed E-state index contributed by atoms with van der Waals surface area (Å²) in [6, 6.07) is 5.94. The van der Waals surface area contributed by atoms with Crippen LogP contribution < -0.4 is 11.1 Å². The van der Waals surface area contributed by atoms with E-state index in [0.29, 0.717) is 11.4 Å². The fourth-order valence-corrected chi connectivity index (χ4v) is 3.50. The Kier molecular flexibility index (Phi) is 5.44. The molecule has 0 aliphatic carbocycles. The molecule has 0 aliphatic heterocycles. The monoisotopic (exact) mass is 387 g/mol. The van der Waals surface area contributed by atoms with Crippen LogP contribution in [0.2, 0.25) is 0 Å². The molecule has 2 amide bonds. The van der Waals surface area contributed by atoms with Gasteiger partial charge in [-0.2, -0.15) is 20.1 Å². The quantitative estimate of drug-likeness (QED) is 0.583. The van der Waals surface area contributed by atoms with Gasteiger partial charge in [0.05, 0.1) is 17.4 Å². The number of pyridine rings is 1. The lowest BCUT2D eigenvalue weighted by atomic mass is 10.0. The first-order chi connectivity index (χ1) is 12.6. The Bertz CT molecular complexity index is 925. The molecule has 8 nitrogen and oxygen atoms in total. The second kappa shape index (κ2) is 7.93. The Morgan fingerprint density at radius 1 is 1.19 bits per heavy atom. The zero-order chi connectivity index (χ0) is 18.5. The first kappa shape index (κ1) is 17.8. The van der Waals surface area contributed by atoms with Crippen molar-refractivity contribution in [2.24, 2.45) is 5.73 Å². The normalized spacial score (nSPS) is 11.7. The summed E-state index contributed by atoms with van der Waals surface area (Å²) in [7, 11) is 0. The van der Waals surface area contributed by atoms with E-state index < -0.39 is 23.6 Å². The molecular formula is C16H13N5O3S2. The van der Waals surface area contributed by atoms with Crippen LogP contribution in [0.15, 0.2) is 41.2 Å². The van der Waals surface area contributed by atoms with Gasteiger partial charge >= 0.3 is 0 Å². The number of thiophene rings is 1. The summed E-state index contributed by atoms with van der Waals surface area (Å²) >= 11 is 2.31. The number of aromatic nitrogens is 3. The predicted molar refractivity (Wildman–Crippen MR) is 96.6 cm³/mol. The summed E-state index contributed by atoms with van der Waals surface area (Å²) in [4.78, 5) is 40.2. The van der Waals surface area contributed by atoms with Crippen LogP contribution in [0.5, 0.6) is 0 Å². The number of Topliss-reactive ketones (excluding diaryl/α,β-unsaturated/α-hetero) is 1. The Morgan fingerprint density at radius 2 is 2.04 bits per heavy atom. The second-order valence-electron chi connectivity index (χ2n) is 5.27. The molecule has 3 heterocycles. The van der Waals surface area contributed by atoms with Crippen molar-refractivity contribution in [3.05, 3.63) is 52.5 Å². The Hall–Kier alpha value is -2.98. The molecule has 3 N–H and O–H groups in total. The average molecular weight is 387 g/mol. The number of carbonyl (C=O) groups excluding carboxylic acids is 3. The number of nitrogens with one attached hydrogen (secondary N) is 1. The zero-order valence-electron chi connectivity index (χ0n) is 13.3. The minimum Gasteiger partial charge on any atom is -0.363 e. The topological polar surface area (TPSA) is 128 Å². The van der Waals surface area contributed by atoms with E-state index in [1.54, 1.807) is 24.4 Å². The van der Waals surface area contributed by atoms with E-state index in [0.717, 1.165) is 17.3 Å². The lowest BCUT2D eigenvalue weighted by Gasteiger charge is -2.15. The van der Waals surface area contributed by atoms with Gasteiger partial charge in [-0.05, 0) is 34.5 Å². The number of hydrogen-bond acceptors (Lipinski definition) is 8. The maximum atomic E-state index is 12.6. The molecule has 10 heteroatoms. The Morgan fingerprint density at radius 3 is 2.69 bits per heavy atom. The largest absolute Gasteiger partial charge is 0.363 e.